The van der Waals surface area contributed by atoms with Gasteiger partial charge in [-0.25, -0.2) is 0 Å². The summed E-state index contributed by atoms with van der Waals surface area (Å²) in [5.41, 5.74) is 3.85. The van der Waals surface area contributed by atoms with Crippen LogP contribution < -0.4 is 0 Å². The van der Waals surface area contributed by atoms with Gasteiger partial charge in [-0.3, -0.25) is 0 Å². The fourth-order valence-corrected chi connectivity index (χ4v) is 7.47. The SMILES string of the molecule is CCCn1c2cc(C=C(C#N)c3cccs3)sc2c2sc(C=C(C#N)c3cccs3)cc21. The second-order valence-electron chi connectivity index (χ2n) is 7.17. The second-order valence-corrected chi connectivity index (χ2v) is 11.2. The predicted octanol–water partition coefficient (Wildman–Crippen LogP) is 8.58. The molecule has 5 aromatic rings. The van der Waals surface area contributed by atoms with Crippen LogP contribution in [-0.2, 0) is 6.54 Å². The Kier molecular flexibility index (Phi) is 5.82. The molecule has 0 saturated heterocycles. The van der Waals surface area contributed by atoms with E-state index in [9.17, 15) is 10.5 Å². The van der Waals surface area contributed by atoms with Crippen LogP contribution in [0.4, 0.5) is 0 Å². The molecule has 0 fully saturated rings. The van der Waals surface area contributed by atoms with Crippen LogP contribution in [0.25, 0.3) is 43.7 Å². The second kappa shape index (κ2) is 8.90. The van der Waals surface area contributed by atoms with E-state index in [1.54, 1.807) is 45.3 Å². The van der Waals surface area contributed by atoms with Crippen molar-refractivity contribution in [2.45, 2.75) is 19.9 Å². The maximum atomic E-state index is 9.64. The van der Waals surface area contributed by atoms with E-state index in [0.29, 0.717) is 11.1 Å². The number of nitriles is 2. The first-order valence-electron chi connectivity index (χ1n) is 10.1. The van der Waals surface area contributed by atoms with Gasteiger partial charge in [-0.05, 0) is 53.6 Å². The third-order valence-electron chi connectivity index (χ3n) is 5.09. The Balaban J connectivity index is 1.63. The standard InChI is InChI=1S/C25H17N3S4/c1-2-7-28-20-12-18(10-16(14-26)22-5-3-8-29-22)31-24(20)25-21(28)13-19(32-25)11-17(15-27)23-6-4-9-30-23/h3-6,8-13H,2,7H2,1H3. The summed E-state index contributed by atoms with van der Waals surface area (Å²) >= 11 is 6.64. The van der Waals surface area contributed by atoms with Crippen molar-refractivity contribution in [2.75, 3.05) is 0 Å². The first-order chi connectivity index (χ1) is 15.7. The molecule has 0 bridgehead atoms. The highest BCUT2D eigenvalue weighted by atomic mass is 32.1. The third-order valence-corrected chi connectivity index (χ3v) is 9.20. The highest BCUT2D eigenvalue weighted by Crippen LogP contribution is 2.42. The Morgan fingerprint density at radius 1 is 0.875 bits per heavy atom. The monoisotopic (exact) mass is 487 g/mol. The van der Waals surface area contributed by atoms with E-state index < -0.39 is 0 Å². The van der Waals surface area contributed by atoms with Gasteiger partial charge in [0, 0.05) is 26.1 Å². The summed E-state index contributed by atoms with van der Waals surface area (Å²) in [7, 11) is 0. The molecular formula is C25H17N3S4. The van der Waals surface area contributed by atoms with Gasteiger partial charge in [0.1, 0.15) is 12.1 Å². The summed E-state index contributed by atoms with van der Waals surface area (Å²) in [6.07, 6.45) is 5.04. The Hall–Kier alpha value is -2.94. The first kappa shape index (κ1) is 20.9. The van der Waals surface area contributed by atoms with Gasteiger partial charge in [0.25, 0.3) is 0 Å². The normalized spacial score (nSPS) is 12.5. The lowest BCUT2D eigenvalue weighted by atomic mass is 10.2. The Bertz CT molecular complexity index is 1420. The molecule has 0 N–H and O–H groups in total. The van der Waals surface area contributed by atoms with E-state index in [-0.39, 0.29) is 0 Å². The zero-order valence-corrected chi connectivity index (χ0v) is 20.4. The summed E-state index contributed by atoms with van der Waals surface area (Å²) in [4.78, 5) is 4.17. The lowest BCUT2D eigenvalue weighted by Gasteiger charge is -2.02. The van der Waals surface area contributed by atoms with Crippen LogP contribution in [0.5, 0.6) is 0 Å². The highest BCUT2D eigenvalue weighted by molar-refractivity contribution is 7.28. The van der Waals surface area contributed by atoms with Gasteiger partial charge in [-0.15, -0.1) is 45.3 Å². The number of rotatable bonds is 6. The van der Waals surface area contributed by atoms with Gasteiger partial charge in [-0.1, -0.05) is 19.1 Å². The van der Waals surface area contributed by atoms with Crippen LogP contribution in [0.3, 0.4) is 0 Å². The first-order valence-corrected chi connectivity index (χ1v) is 13.5. The highest BCUT2D eigenvalue weighted by Gasteiger charge is 2.17. The smallest absolute Gasteiger partial charge is 0.101 e. The van der Waals surface area contributed by atoms with E-state index in [0.717, 1.165) is 32.5 Å². The maximum absolute atomic E-state index is 9.64. The van der Waals surface area contributed by atoms with Crippen molar-refractivity contribution in [3.05, 3.63) is 66.7 Å². The molecule has 0 saturated carbocycles. The minimum Gasteiger partial charge on any atom is -0.339 e. The zero-order valence-electron chi connectivity index (χ0n) is 17.2. The largest absolute Gasteiger partial charge is 0.339 e. The average molecular weight is 488 g/mol. The summed E-state index contributed by atoms with van der Waals surface area (Å²) in [6, 6.07) is 17.0. The Labute approximate surface area is 202 Å². The number of allylic oxidation sites excluding steroid dienone is 2. The van der Waals surface area contributed by atoms with Crippen LogP contribution >= 0.6 is 45.3 Å². The van der Waals surface area contributed by atoms with Gasteiger partial charge >= 0.3 is 0 Å². The Morgan fingerprint density at radius 2 is 1.38 bits per heavy atom. The molecule has 7 heteroatoms. The van der Waals surface area contributed by atoms with Crippen molar-refractivity contribution in [1.82, 2.24) is 4.57 Å². The number of thiophene rings is 4. The molecule has 5 rings (SSSR count). The van der Waals surface area contributed by atoms with Crippen molar-refractivity contribution in [3.8, 4) is 12.1 Å². The van der Waals surface area contributed by atoms with Gasteiger partial charge in [0.2, 0.25) is 0 Å². The van der Waals surface area contributed by atoms with Crippen molar-refractivity contribution in [3.63, 3.8) is 0 Å². The molecule has 5 aromatic heterocycles. The van der Waals surface area contributed by atoms with Crippen LogP contribution in [0.2, 0.25) is 0 Å². The van der Waals surface area contributed by atoms with Gasteiger partial charge in [-0.2, -0.15) is 10.5 Å². The quantitative estimate of drug-likeness (QED) is 0.225. The minimum absolute atomic E-state index is 0.701. The van der Waals surface area contributed by atoms with Crippen LogP contribution in [0.15, 0.2) is 47.2 Å². The number of hydrogen-bond donors (Lipinski definition) is 0. The fourth-order valence-electron chi connectivity index (χ4n) is 3.73. The van der Waals surface area contributed by atoms with Gasteiger partial charge in [0.05, 0.1) is 31.6 Å². The zero-order chi connectivity index (χ0) is 22.1. The van der Waals surface area contributed by atoms with Crippen molar-refractivity contribution in [1.29, 1.82) is 10.5 Å². The summed E-state index contributed by atoms with van der Waals surface area (Å²) in [5, 5.41) is 23.3. The number of hydrogen-bond acceptors (Lipinski definition) is 6. The van der Waals surface area contributed by atoms with E-state index in [4.69, 9.17) is 0 Å². The molecule has 32 heavy (non-hydrogen) atoms. The molecule has 3 nitrogen and oxygen atoms in total. The summed E-state index contributed by atoms with van der Waals surface area (Å²) < 4.78 is 4.88. The van der Waals surface area contributed by atoms with Crippen LogP contribution in [0.1, 0.15) is 32.9 Å². The molecule has 0 spiro atoms. The predicted molar refractivity (Wildman–Crippen MR) is 141 cm³/mol. The van der Waals surface area contributed by atoms with Crippen molar-refractivity contribution < 1.29 is 0 Å². The molecule has 0 amide bonds. The molecule has 5 heterocycles. The fraction of sp³-hybridized carbons (Fsp3) is 0.120. The van der Waals surface area contributed by atoms with E-state index in [2.05, 4.69) is 35.8 Å². The van der Waals surface area contributed by atoms with E-state index in [1.807, 2.05) is 47.2 Å². The molecule has 0 aliphatic heterocycles. The lowest BCUT2D eigenvalue weighted by molar-refractivity contribution is 0.724. The number of aromatic nitrogens is 1. The maximum Gasteiger partial charge on any atom is 0.101 e. The van der Waals surface area contributed by atoms with Crippen molar-refractivity contribution in [2.24, 2.45) is 0 Å². The minimum atomic E-state index is 0.701. The molecule has 0 aliphatic carbocycles. The van der Waals surface area contributed by atoms with E-state index in [1.165, 1.54) is 20.4 Å². The number of nitrogens with zero attached hydrogens (tertiary/aromatic N) is 3. The topological polar surface area (TPSA) is 52.5 Å². The summed E-state index contributed by atoms with van der Waals surface area (Å²) in [6.45, 7) is 3.12. The molecule has 0 radical (unpaired) electrons. The molecule has 156 valence electrons. The van der Waals surface area contributed by atoms with Crippen LogP contribution in [-0.4, -0.2) is 4.57 Å². The van der Waals surface area contributed by atoms with Crippen molar-refractivity contribution >= 4 is 89.1 Å². The Morgan fingerprint density at radius 3 is 1.75 bits per heavy atom. The number of fused-ring (bicyclic) bond motifs is 3. The van der Waals surface area contributed by atoms with Gasteiger partial charge in [0.15, 0.2) is 0 Å². The molecular weight excluding hydrogens is 471 g/mol. The number of aryl methyl sites for hydroxylation is 1. The van der Waals surface area contributed by atoms with Gasteiger partial charge < -0.3 is 4.57 Å². The van der Waals surface area contributed by atoms with Crippen LogP contribution in [0, 0.1) is 22.7 Å². The lowest BCUT2D eigenvalue weighted by Crippen LogP contribution is -1.94. The summed E-state index contributed by atoms with van der Waals surface area (Å²) in [5.74, 6) is 0. The van der Waals surface area contributed by atoms with E-state index >= 15 is 0 Å². The molecule has 0 unspecified atom stereocenters. The third kappa shape index (κ3) is 3.74. The average Bonchev–Trinajstić information content (AvgIpc) is 3.61. The molecule has 0 atom stereocenters. The molecule has 0 aromatic carbocycles. The molecule has 0 aliphatic rings.